The molecule has 0 radical (unpaired) electrons. The molecule has 1 aromatic carbocycles. The van der Waals surface area contributed by atoms with Gasteiger partial charge in [0.15, 0.2) is 0 Å². The molecule has 0 atom stereocenters. The van der Waals surface area contributed by atoms with E-state index in [1.165, 1.54) is 16.7 Å². The lowest BCUT2D eigenvalue weighted by Crippen LogP contribution is -2.06. The third-order valence-corrected chi connectivity index (χ3v) is 3.31. The van der Waals surface area contributed by atoms with Crippen LogP contribution >= 0.6 is 0 Å². The lowest BCUT2D eigenvalue weighted by molar-refractivity contribution is 0.919. The van der Waals surface area contributed by atoms with Crippen LogP contribution in [0, 0.1) is 13.8 Å². The Morgan fingerprint density at radius 1 is 1.05 bits per heavy atom. The van der Waals surface area contributed by atoms with Crippen molar-refractivity contribution >= 4 is 5.82 Å². The van der Waals surface area contributed by atoms with E-state index in [1.807, 2.05) is 0 Å². The zero-order chi connectivity index (χ0) is 14.5. The monoisotopic (exact) mass is 269 g/mol. The number of hydrogen-bond donors (Lipinski definition) is 1. The summed E-state index contributed by atoms with van der Waals surface area (Å²) in [4.78, 5) is 9.23. The highest BCUT2D eigenvalue weighted by atomic mass is 15.0. The third-order valence-electron chi connectivity index (χ3n) is 3.31. The number of benzene rings is 1. The van der Waals surface area contributed by atoms with Crippen molar-refractivity contribution in [3.63, 3.8) is 0 Å². The molecule has 3 heteroatoms. The fraction of sp³-hybridized carbons (Fsp3) is 0.412. The molecule has 0 amide bonds. The number of aromatic nitrogens is 2. The molecule has 0 saturated carbocycles. The summed E-state index contributed by atoms with van der Waals surface area (Å²) in [6, 6.07) is 8.53. The van der Waals surface area contributed by atoms with E-state index in [2.05, 4.69) is 67.2 Å². The van der Waals surface area contributed by atoms with Crippen LogP contribution < -0.4 is 5.32 Å². The molecule has 1 N–H and O–H groups in total. The first-order valence-corrected chi connectivity index (χ1v) is 7.33. The van der Waals surface area contributed by atoms with Crippen LogP contribution in [0.15, 0.2) is 24.3 Å². The molecule has 0 aliphatic heterocycles. The molecule has 106 valence electrons. The average molecular weight is 269 g/mol. The average Bonchev–Trinajstić information content (AvgIpc) is 2.47. The molecule has 20 heavy (non-hydrogen) atoms. The van der Waals surface area contributed by atoms with E-state index < -0.39 is 0 Å². The van der Waals surface area contributed by atoms with Crippen LogP contribution in [0.5, 0.6) is 0 Å². The Bertz CT molecular complexity index is 591. The Morgan fingerprint density at radius 3 is 2.55 bits per heavy atom. The highest BCUT2D eigenvalue weighted by Gasteiger charge is 2.08. The van der Waals surface area contributed by atoms with Gasteiger partial charge in [-0.3, -0.25) is 0 Å². The molecule has 0 fully saturated rings. The molecular formula is C17H23N3. The van der Waals surface area contributed by atoms with Gasteiger partial charge in [-0.1, -0.05) is 31.5 Å². The summed E-state index contributed by atoms with van der Waals surface area (Å²) in [7, 11) is 0. The van der Waals surface area contributed by atoms with Gasteiger partial charge >= 0.3 is 0 Å². The first kappa shape index (κ1) is 14.5. The maximum atomic E-state index is 4.68. The van der Waals surface area contributed by atoms with Crippen molar-refractivity contribution < 1.29 is 0 Å². The summed E-state index contributed by atoms with van der Waals surface area (Å²) in [6.45, 7) is 9.42. The predicted octanol–water partition coefficient (Wildman–Crippen LogP) is 4.14. The first-order valence-electron chi connectivity index (χ1n) is 7.33. The van der Waals surface area contributed by atoms with E-state index >= 15 is 0 Å². The minimum Gasteiger partial charge on any atom is -0.370 e. The van der Waals surface area contributed by atoms with Crippen LogP contribution in [0.3, 0.4) is 0 Å². The van der Waals surface area contributed by atoms with E-state index in [1.54, 1.807) is 0 Å². The second kappa shape index (κ2) is 6.51. The second-order valence-corrected chi connectivity index (χ2v) is 5.15. The van der Waals surface area contributed by atoms with Crippen molar-refractivity contribution in [1.82, 2.24) is 9.97 Å². The summed E-state index contributed by atoms with van der Waals surface area (Å²) in [6.07, 6.45) is 1.93. The van der Waals surface area contributed by atoms with Crippen LogP contribution in [-0.4, -0.2) is 16.5 Å². The van der Waals surface area contributed by atoms with E-state index in [0.717, 1.165) is 36.7 Å². The first-order chi connectivity index (χ1) is 9.63. The molecule has 0 unspecified atom stereocenters. The maximum absolute atomic E-state index is 4.68. The van der Waals surface area contributed by atoms with Gasteiger partial charge in [-0.15, -0.1) is 0 Å². The zero-order valence-electron chi connectivity index (χ0n) is 12.8. The molecule has 3 nitrogen and oxygen atoms in total. The van der Waals surface area contributed by atoms with Crippen molar-refractivity contribution in [2.75, 3.05) is 11.9 Å². The van der Waals surface area contributed by atoms with E-state index in [0.29, 0.717) is 0 Å². The van der Waals surface area contributed by atoms with Gasteiger partial charge in [0.1, 0.15) is 11.6 Å². The Balaban J connectivity index is 2.46. The number of rotatable bonds is 5. The van der Waals surface area contributed by atoms with Gasteiger partial charge in [0, 0.05) is 24.6 Å². The predicted molar refractivity (Wildman–Crippen MR) is 85.1 cm³/mol. The summed E-state index contributed by atoms with van der Waals surface area (Å²) in [5, 5.41) is 3.36. The van der Waals surface area contributed by atoms with Crippen molar-refractivity contribution in [2.45, 2.75) is 40.5 Å². The Labute approximate surface area is 121 Å². The van der Waals surface area contributed by atoms with Crippen molar-refractivity contribution in [3.05, 3.63) is 41.2 Å². The van der Waals surface area contributed by atoms with Crippen molar-refractivity contribution in [2.24, 2.45) is 0 Å². The summed E-state index contributed by atoms with van der Waals surface area (Å²) in [5.41, 5.74) is 4.71. The Morgan fingerprint density at radius 2 is 1.85 bits per heavy atom. The Kier molecular flexibility index (Phi) is 4.72. The largest absolute Gasteiger partial charge is 0.370 e. The summed E-state index contributed by atoms with van der Waals surface area (Å²) < 4.78 is 0. The van der Waals surface area contributed by atoms with E-state index in [4.69, 9.17) is 0 Å². The van der Waals surface area contributed by atoms with Crippen molar-refractivity contribution in [3.8, 4) is 11.3 Å². The lowest BCUT2D eigenvalue weighted by atomic mass is 10.0. The highest BCUT2D eigenvalue weighted by molar-refractivity contribution is 5.66. The van der Waals surface area contributed by atoms with E-state index in [9.17, 15) is 0 Å². The molecular weight excluding hydrogens is 246 g/mol. The van der Waals surface area contributed by atoms with Gasteiger partial charge < -0.3 is 5.32 Å². The molecule has 0 spiro atoms. The molecule has 0 aliphatic rings. The van der Waals surface area contributed by atoms with E-state index in [-0.39, 0.29) is 0 Å². The molecule has 0 aliphatic carbocycles. The topological polar surface area (TPSA) is 37.8 Å². The van der Waals surface area contributed by atoms with Gasteiger partial charge in [0.25, 0.3) is 0 Å². The number of nitrogens with one attached hydrogen (secondary N) is 1. The fourth-order valence-electron chi connectivity index (χ4n) is 2.15. The second-order valence-electron chi connectivity index (χ2n) is 5.15. The smallest absolute Gasteiger partial charge is 0.131 e. The number of nitrogens with zero attached hydrogens (tertiary/aromatic N) is 2. The fourth-order valence-corrected chi connectivity index (χ4v) is 2.15. The quantitative estimate of drug-likeness (QED) is 0.886. The SMILES string of the molecule is CCCNc1cc(-c2cc(C)ccc2C)nc(CC)n1. The molecule has 2 rings (SSSR count). The maximum Gasteiger partial charge on any atom is 0.131 e. The number of anilines is 1. The Hall–Kier alpha value is -1.90. The number of aryl methyl sites for hydroxylation is 3. The molecule has 0 saturated heterocycles. The molecule has 0 bridgehead atoms. The van der Waals surface area contributed by atoms with Crippen LogP contribution in [0.4, 0.5) is 5.82 Å². The van der Waals surface area contributed by atoms with Crippen LogP contribution in [-0.2, 0) is 6.42 Å². The van der Waals surface area contributed by atoms with Gasteiger partial charge in [0.2, 0.25) is 0 Å². The van der Waals surface area contributed by atoms with Gasteiger partial charge in [-0.05, 0) is 31.9 Å². The van der Waals surface area contributed by atoms with Gasteiger partial charge in [0.05, 0.1) is 5.69 Å². The van der Waals surface area contributed by atoms with Crippen LogP contribution in [0.2, 0.25) is 0 Å². The minimum absolute atomic E-state index is 0.847. The molecule has 1 heterocycles. The molecule has 1 aromatic heterocycles. The third kappa shape index (κ3) is 3.35. The van der Waals surface area contributed by atoms with Crippen LogP contribution in [0.1, 0.15) is 37.2 Å². The number of hydrogen-bond acceptors (Lipinski definition) is 3. The summed E-state index contributed by atoms with van der Waals surface area (Å²) in [5.74, 6) is 1.82. The van der Waals surface area contributed by atoms with Crippen LogP contribution in [0.25, 0.3) is 11.3 Å². The normalized spacial score (nSPS) is 10.6. The van der Waals surface area contributed by atoms with Crippen molar-refractivity contribution in [1.29, 1.82) is 0 Å². The zero-order valence-corrected chi connectivity index (χ0v) is 12.8. The van der Waals surface area contributed by atoms with Gasteiger partial charge in [-0.2, -0.15) is 0 Å². The molecule has 2 aromatic rings. The highest BCUT2D eigenvalue weighted by Crippen LogP contribution is 2.24. The lowest BCUT2D eigenvalue weighted by Gasteiger charge is -2.11. The summed E-state index contributed by atoms with van der Waals surface area (Å²) >= 11 is 0. The standard InChI is InChI=1S/C17H23N3/c1-5-9-18-17-11-15(19-16(6-2)20-17)14-10-12(3)7-8-13(14)4/h7-8,10-11H,5-6,9H2,1-4H3,(H,18,19,20). The minimum atomic E-state index is 0.847. The van der Waals surface area contributed by atoms with Gasteiger partial charge in [-0.25, -0.2) is 9.97 Å².